The minimum absolute atomic E-state index is 0.0140. The molecule has 1 aliphatic rings. The zero-order valence-electron chi connectivity index (χ0n) is 17.4. The van der Waals surface area contributed by atoms with Crippen molar-refractivity contribution in [2.24, 2.45) is 0 Å². The maximum atomic E-state index is 12.8. The molecular formula is C22H12N6O7. The summed E-state index contributed by atoms with van der Waals surface area (Å²) in [6.45, 7) is 0. The van der Waals surface area contributed by atoms with Gasteiger partial charge in [0.2, 0.25) is 11.4 Å². The summed E-state index contributed by atoms with van der Waals surface area (Å²) in [7, 11) is 0. The smallest absolute Gasteiger partial charge is 0.362 e. The number of non-ortho nitro benzene ring substituents is 2. The maximum absolute atomic E-state index is 12.8. The molecule has 4 aromatic rings. The number of benzene rings is 2. The van der Waals surface area contributed by atoms with Gasteiger partial charge in [-0.3, -0.25) is 20.2 Å². The molecule has 5 rings (SSSR count). The Bertz CT molecular complexity index is 1740. The fourth-order valence-corrected chi connectivity index (χ4v) is 3.91. The summed E-state index contributed by atoms with van der Waals surface area (Å²) in [5.41, 5.74) is 5.78. The summed E-state index contributed by atoms with van der Waals surface area (Å²) >= 11 is 0. The average molecular weight is 472 g/mol. The molecule has 0 amide bonds. The Morgan fingerprint density at radius 3 is 2.20 bits per heavy atom. The molecule has 0 fully saturated rings. The van der Waals surface area contributed by atoms with Crippen LogP contribution in [0.3, 0.4) is 0 Å². The third kappa shape index (κ3) is 3.42. The molecule has 0 saturated carbocycles. The van der Waals surface area contributed by atoms with Crippen LogP contribution in [0.15, 0.2) is 62.2 Å². The summed E-state index contributed by atoms with van der Waals surface area (Å²) in [5.74, 6) is -0.825. The van der Waals surface area contributed by atoms with Crippen LogP contribution in [0, 0.1) is 31.6 Å². The molecule has 0 spiro atoms. The molecule has 2 aromatic carbocycles. The van der Waals surface area contributed by atoms with Crippen molar-refractivity contribution in [1.29, 1.82) is 5.26 Å². The Labute approximate surface area is 193 Å². The van der Waals surface area contributed by atoms with E-state index in [0.29, 0.717) is 11.1 Å². The van der Waals surface area contributed by atoms with E-state index in [9.17, 15) is 30.3 Å². The first-order chi connectivity index (χ1) is 16.8. The van der Waals surface area contributed by atoms with Gasteiger partial charge in [0.25, 0.3) is 17.4 Å². The zero-order valence-corrected chi connectivity index (χ0v) is 17.4. The van der Waals surface area contributed by atoms with Gasteiger partial charge in [0.05, 0.1) is 15.8 Å². The summed E-state index contributed by atoms with van der Waals surface area (Å²) in [6.07, 6.45) is 1.42. The zero-order chi connectivity index (χ0) is 24.9. The molecule has 2 N–H and O–H groups in total. The molecule has 1 atom stereocenters. The van der Waals surface area contributed by atoms with E-state index in [0.717, 1.165) is 0 Å². The Balaban J connectivity index is 1.78. The molecule has 0 unspecified atom stereocenters. The van der Waals surface area contributed by atoms with Gasteiger partial charge in [-0.2, -0.15) is 10.2 Å². The monoisotopic (exact) mass is 472 g/mol. The third-order valence-corrected chi connectivity index (χ3v) is 5.45. The molecule has 0 bridgehead atoms. The van der Waals surface area contributed by atoms with Crippen LogP contribution in [0.2, 0.25) is 0 Å². The number of nitro groups is 2. The second kappa shape index (κ2) is 7.81. The summed E-state index contributed by atoms with van der Waals surface area (Å²) in [5, 5.41) is 31.9. The Morgan fingerprint density at radius 2 is 1.63 bits per heavy atom. The fourth-order valence-electron chi connectivity index (χ4n) is 3.91. The SMILES string of the molecule is N#CC1=c2oc(=O)/c(=C\c3ccc([N+](=O)[O-])cc3)n2-c2oc(N)nc2[C@H]1c1ccc([N+](=O)[O-])cc1. The quantitative estimate of drug-likeness (QED) is 0.335. The Hall–Kier alpha value is -5.51. The molecule has 0 aliphatic carbocycles. The molecule has 13 nitrogen and oxygen atoms in total. The van der Waals surface area contributed by atoms with Gasteiger partial charge in [-0.05, 0) is 29.3 Å². The van der Waals surface area contributed by atoms with Crippen molar-refractivity contribution in [3.63, 3.8) is 0 Å². The number of aromatic nitrogens is 2. The fraction of sp³-hybridized carbons (Fsp3) is 0.0455. The number of oxazole rings is 2. The third-order valence-electron chi connectivity index (χ3n) is 5.45. The van der Waals surface area contributed by atoms with E-state index in [1.807, 2.05) is 6.07 Å². The van der Waals surface area contributed by atoms with E-state index >= 15 is 0 Å². The summed E-state index contributed by atoms with van der Waals surface area (Å²) in [4.78, 5) is 37.9. The van der Waals surface area contributed by atoms with Crippen molar-refractivity contribution in [2.75, 3.05) is 5.73 Å². The van der Waals surface area contributed by atoms with E-state index in [1.165, 1.54) is 59.2 Å². The van der Waals surface area contributed by atoms with E-state index < -0.39 is 21.4 Å². The highest BCUT2D eigenvalue weighted by molar-refractivity contribution is 5.73. The number of nitrogen functional groups attached to an aromatic ring is 1. The predicted octanol–water partition coefficient (Wildman–Crippen LogP) is 1.47. The summed E-state index contributed by atoms with van der Waals surface area (Å²) in [6, 6.07) is 12.8. The first kappa shape index (κ1) is 21.3. The molecule has 35 heavy (non-hydrogen) atoms. The number of fused-ring (bicyclic) bond motifs is 3. The van der Waals surface area contributed by atoms with Crippen LogP contribution in [0.1, 0.15) is 22.7 Å². The predicted molar refractivity (Wildman–Crippen MR) is 119 cm³/mol. The lowest BCUT2D eigenvalue weighted by Gasteiger charge is -2.18. The molecule has 1 aliphatic heterocycles. The lowest BCUT2D eigenvalue weighted by molar-refractivity contribution is -0.385. The topological polar surface area (TPSA) is 197 Å². The highest BCUT2D eigenvalue weighted by Crippen LogP contribution is 2.38. The van der Waals surface area contributed by atoms with Gasteiger partial charge in [-0.1, -0.05) is 12.1 Å². The number of hydrogen-bond acceptors (Lipinski definition) is 10. The largest absolute Gasteiger partial charge is 0.406 e. The van der Waals surface area contributed by atoms with Crippen molar-refractivity contribution < 1.29 is 18.7 Å². The highest BCUT2D eigenvalue weighted by atomic mass is 16.6. The Morgan fingerprint density at radius 1 is 1.03 bits per heavy atom. The first-order valence-corrected chi connectivity index (χ1v) is 9.91. The van der Waals surface area contributed by atoms with Crippen LogP contribution in [-0.4, -0.2) is 19.4 Å². The number of nitro benzene ring substituents is 2. The molecular weight excluding hydrogens is 460 g/mol. The van der Waals surface area contributed by atoms with Crippen LogP contribution in [-0.2, 0) is 0 Å². The van der Waals surface area contributed by atoms with E-state index in [-0.39, 0.29) is 45.4 Å². The minimum atomic E-state index is -0.866. The van der Waals surface area contributed by atoms with E-state index in [1.54, 1.807) is 0 Å². The molecule has 0 radical (unpaired) electrons. The van der Waals surface area contributed by atoms with Crippen LogP contribution in [0.5, 0.6) is 0 Å². The van der Waals surface area contributed by atoms with Gasteiger partial charge in [-0.15, -0.1) is 0 Å². The molecule has 3 heterocycles. The maximum Gasteiger partial charge on any atom is 0.362 e. The number of anilines is 1. The second-order valence-corrected chi connectivity index (χ2v) is 7.46. The lowest BCUT2D eigenvalue weighted by Crippen LogP contribution is -2.35. The number of nitrogens with two attached hydrogens (primary N) is 1. The highest BCUT2D eigenvalue weighted by Gasteiger charge is 2.36. The van der Waals surface area contributed by atoms with Crippen molar-refractivity contribution >= 4 is 29.0 Å². The minimum Gasteiger partial charge on any atom is -0.406 e. The van der Waals surface area contributed by atoms with Gasteiger partial charge in [0.1, 0.15) is 22.7 Å². The van der Waals surface area contributed by atoms with Crippen molar-refractivity contribution in [1.82, 2.24) is 9.55 Å². The van der Waals surface area contributed by atoms with E-state index in [2.05, 4.69) is 4.98 Å². The van der Waals surface area contributed by atoms with Crippen molar-refractivity contribution in [3.05, 3.63) is 107 Å². The van der Waals surface area contributed by atoms with Crippen molar-refractivity contribution in [2.45, 2.75) is 5.92 Å². The van der Waals surface area contributed by atoms with E-state index in [4.69, 9.17) is 14.6 Å². The van der Waals surface area contributed by atoms with Crippen LogP contribution in [0.4, 0.5) is 17.4 Å². The Kier molecular flexibility index (Phi) is 4.76. The lowest BCUT2D eigenvalue weighted by atomic mass is 9.87. The average Bonchev–Trinajstić information content (AvgIpc) is 3.37. The standard InChI is InChI=1S/C22H12N6O7/c23-10-15-17(12-3-7-14(8-4-12)28(32)33)18-20(35-22(24)25-18)26-16(21(29)34-19(15)26)9-11-1-5-13(6-2-11)27(30)31/h1-9,17H,(H2,24,25)/b16-9+/t17-/m0/s1. The number of rotatable bonds is 4. The second-order valence-electron chi connectivity index (χ2n) is 7.46. The van der Waals surface area contributed by atoms with Gasteiger partial charge in [0, 0.05) is 24.3 Å². The molecule has 2 aromatic heterocycles. The summed E-state index contributed by atoms with van der Waals surface area (Å²) < 4.78 is 12.3. The number of nitriles is 1. The number of nitrogens with zero attached hydrogens (tertiary/aromatic N) is 5. The van der Waals surface area contributed by atoms with Gasteiger partial charge < -0.3 is 14.6 Å². The van der Waals surface area contributed by atoms with Gasteiger partial charge in [0.15, 0.2) is 0 Å². The molecule has 0 saturated heterocycles. The molecule has 172 valence electrons. The van der Waals surface area contributed by atoms with Crippen LogP contribution >= 0.6 is 0 Å². The normalized spacial score (nSPS) is 14.8. The van der Waals surface area contributed by atoms with Crippen LogP contribution < -0.4 is 22.3 Å². The first-order valence-electron chi connectivity index (χ1n) is 9.91. The van der Waals surface area contributed by atoms with Gasteiger partial charge >= 0.3 is 5.63 Å². The molecule has 13 heteroatoms. The van der Waals surface area contributed by atoms with Crippen LogP contribution in [0.25, 0.3) is 17.5 Å². The number of hydrogen-bond donors (Lipinski definition) is 1. The van der Waals surface area contributed by atoms with Crippen molar-refractivity contribution in [3.8, 4) is 12.0 Å². The van der Waals surface area contributed by atoms with Gasteiger partial charge in [-0.25, -0.2) is 9.36 Å².